The van der Waals surface area contributed by atoms with Crippen molar-refractivity contribution in [3.05, 3.63) is 35.5 Å². The molecule has 0 saturated heterocycles. The van der Waals surface area contributed by atoms with Crippen LogP contribution in [0.5, 0.6) is 11.6 Å². The maximum Gasteiger partial charge on any atom is 0.348 e. The largest absolute Gasteiger partial charge is 0.505 e. The molecule has 0 bridgehead atoms. The van der Waals surface area contributed by atoms with Crippen molar-refractivity contribution in [3.8, 4) is 11.6 Å². The molecule has 3 rings (SSSR count). The lowest BCUT2D eigenvalue weighted by Gasteiger charge is -2.25. The molecule has 0 radical (unpaired) electrons. The molecule has 8 heteroatoms. The number of rotatable bonds is 5. The molecular formula is C23H34N3O4P. The van der Waals surface area contributed by atoms with Gasteiger partial charge in [-0.15, -0.1) is 0 Å². The summed E-state index contributed by atoms with van der Waals surface area (Å²) < 4.78 is 25.3. The van der Waals surface area contributed by atoms with Crippen LogP contribution in [0, 0.1) is 5.41 Å². The molecule has 0 spiro atoms. The van der Waals surface area contributed by atoms with Crippen LogP contribution in [0.3, 0.4) is 0 Å². The number of hydrogen-bond donors (Lipinski definition) is 3. The summed E-state index contributed by atoms with van der Waals surface area (Å²) in [5.74, 6) is -0.0153. The average molecular weight is 448 g/mol. The number of aromatic hydroxyl groups is 2. The molecule has 1 unspecified atom stereocenters. The van der Waals surface area contributed by atoms with E-state index in [1.807, 2.05) is 26.8 Å². The quantitative estimate of drug-likeness (QED) is 0.536. The molecule has 1 aliphatic heterocycles. The van der Waals surface area contributed by atoms with E-state index in [-0.39, 0.29) is 35.1 Å². The Morgan fingerprint density at radius 3 is 2.35 bits per heavy atom. The van der Waals surface area contributed by atoms with E-state index in [2.05, 4.69) is 30.9 Å². The molecule has 0 amide bonds. The molecule has 1 aromatic carbocycles. The van der Waals surface area contributed by atoms with Crippen molar-refractivity contribution in [3.63, 3.8) is 0 Å². The number of fused-ring (bicyclic) bond motifs is 1. The fraction of sp³-hybridized carbons (Fsp3) is 0.522. The summed E-state index contributed by atoms with van der Waals surface area (Å²) in [5, 5.41) is 26.0. The Morgan fingerprint density at radius 2 is 1.77 bits per heavy atom. The van der Waals surface area contributed by atoms with Crippen LogP contribution < -0.4 is 10.6 Å². The summed E-state index contributed by atoms with van der Waals surface area (Å²) in [5.41, 5.74) is 0.954. The van der Waals surface area contributed by atoms with E-state index >= 15 is 0 Å². The molecule has 0 aliphatic carbocycles. The van der Waals surface area contributed by atoms with E-state index in [4.69, 9.17) is 4.52 Å². The number of aromatic nitrogens is 1. The van der Waals surface area contributed by atoms with Crippen LogP contribution >= 0.6 is 7.52 Å². The Balaban J connectivity index is 2.20. The Bertz CT molecular complexity index is 1060. The topological polar surface area (TPSA) is 96.1 Å². The second kappa shape index (κ2) is 8.03. The predicted molar refractivity (Wildman–Crippen MR) is 126 cm³/mol. The van der Waals surface area contributed by atoms with Crippen LogP contribution in [0.2, 0.25) is 0 Å². The van der Waals surface area contributed by atoms with Crippen molar-refractivity contribution in [2.75, 3.05) is 11.9 Å². The van der Waals surface area contributed by atoms with Gasteiger partial charge in [0.25, 0.3) is 0 Å². The molecule has 1 atom stereocenters. The van der Waals surface area contributed by atoms with Gasteiger partial charge in [0.1, 0.15) is 5.56 Å². The highest BCUT2D eigenvalue weighted by Gasteiger charge is 2.38. The zero-order chi connectivity index (χ0) is 23.2. The van der Waals surface area contributed by atoms with E-state index in [0.717, 1.165) is 6.42 Å². The summed E-state index contributed by atoms with van der Waals surface area (Å²) in [6.07, 6.45) is 0.803. The zero-order valence-electron chi connectivity index (χ0n) is 19.5. The number of amidine groups is 1. The molecule has 31 heavy (non-hydrogen) atoms. The number of benzene rings is 1. The third kappa shape index (κ3) is 4.53. The normalized spacial score (nSPS) is 19.0. The summed E-state index contributed by atoms with van der Waals surface area (Å²) >= 11 is 0. The average Bonchev–Trinajstić information content (AvgIpc) is 2.89. The lowest BCUT2D eigenvalue weighted by Crippen LogP contribution is -2.25. The van der Waals surface area contributed by atoms with Crippen LogP contribution in [0.4, 0.5) is 5.69 Å². The summed E-state index contributed by atoms with van der Waals surface area (Å²) in [4.78, 5) is 0. The number of nitrogens with one attached hydrogen (secondary N) is 1. The molecule has 0 fully saturated rings. The minimum absolute atomic E-state index is 0.0475. The van der Waals surface area contributed by atoms with Crippen molar-refractivity contribution in [2.24, 2.45) is 10.2 Å². The summed E-state index contributed by atoms with van der Waals surface area (Å²) in [7, 11) is -3.56. The van der Waals surface area contributed by atoms with Gasteiger partial charge in [-0.05, 0) is 30.9 Å². The maximum absolute atomic E-state index is 13.6. The summed E-state index contributed by atoms with van der Waals surface area (Å²) in [6.45, 7) is 14.9. The van der Waals surface area contributed by atoms with Gasteiger partial charge in [-0.1, -0.05) is 53.7 Å². The van der Waals surface area contributed by atoms with Crippen LogP contribution in [0.15, 0.2) is 29.0 Å². The Kier molecular flexibility index (Phi) is 6.07. The maximum atomic E-state index is 13.6. The van der Waals surface area contributed by atoms with Gasteiger partial charge in [-0.3, -0.25) is 4.57 Å². The summed E-state index contributed by atoms with van der Waals surface area (Å²) in [6, 6.07) is 7.10. The van der Waals surface area contributed by atoms with Gasteiger partial charge < -0.3 is 24.6 Å². The fourth-order valence-electron chi connectivity index (χ4n) is 3.79. The first-order chi connectivity index (χ1) is 14.3. The van der Waals surface area contributed by atoms with Crippen molar-refractivity contribution in [1.82, 2.24) is 4.57 Å². The number of nitrogens with zero attached hydrogens (tertiary/aromatic N) is 2. The monoisotopic (exact) mass is 447 g/mol. The highest BCUT2D eigenvalue weighted by Crippen LogP contribution is 2.53. The number of hydrogen-bond acceptors (Lipinski definition) is 5. The first-order valence-electron chi connectivity index (χ1n) is 10.6. The van der Waals surface area contributed by atoms with Crippen LogP contribution in [0.1, 0.15) is 66.1 Å². The molecule has 170 valence electrons. The van der Waals surface area contributed by atoms with Crippen molar-refractivity contribution in [2.45, 2.75) is 66.8 Å². The Morgan fingerprint density at radius 1 is 1.13 bits per heavy atom. The molecule has 2 heterocycles. The first-order valence-corrected chi connectivity index (χ1v) is 12.2. The van der Waals surface area contributed by atoms with Gasteiger partial charge in [0.2, 0.25) is 5.88 Å². The Hall–Kier alpha value is -2.24. The van der Waals surface area contributed by atoms with Gasteiger partial charge in [0.15, 0.2) is 11.6 Å². The molecule has 1 aromatic heterocycles. The third-order valence-corrected chi connectivity index (χ3v) is 7.31. The van der Waals surface area contributed by atoms with Crippen molar-refractivity contribution >= 4 is 24.3 Å². The molecule has 0 saturated carbocycles. The zero-order valence-corrected chi connectivity index (χ0v) is 20.4. The van der Waals surface area contributed by atoms with Gasteiger partial charge in [-0.25, -0.2) is 0 Å². The highest BCUT2D eigenvalue weighted by molar-refractivity contribution is 7.66. The van der Waals surface area contributed by atoms with Crippen LogP contribution in [-0.4, -0.2) is 27.2 Å². The Labute approximate surface area is 184 Å². The SMILES string of the molecule is CCOP1(=O)N=C(c2c(O)c(C(C)(C)C)n(CCC(C)(C)C)c2O)Nc2ccccc21. The molecular weight excluding hydrogens is 413 g/mol. The number of para-hydroxylation sites is 1. The third-order valence-electron chi connectivity index (χ3n) is 5.24. The minimum Gasteiger partial charge on any atom is -0.505 e. The van der Waals surface area contributed by atoms with E-state index in [1.165, 1.54) is 0 Å². The minimum atomic E-state index is -3.56. The predicted octanol–water partition coefficient (Wildman–Crippen LogP) is 5.36. The fourth-order valence-corrected chi connectivity index (χ4v) is 5.56. The van der Waals surface area contributed by atoms with Crippen molar-refractivity contribution in [1.29, 1.82) is 0 Å². The standard InChI is InChI=1S/C23H34N3O4P/c1-8-30-31(29)16-12-10-9-11-15(16)24-20(25-31)17-18(27)19(23(5,6)7)26(21(17)28)14-13-22(2,3)4/h9-12,27-28H,8,13-14H2,1-7H3,(H,24,25,29). The van der Waals surface area contributed by atoms with Gasteiger partial charge in [0.05, 0.1) is 23.3 Å². The van der Waals surface area contributed by atoms with Gasteiger partial charge >= 0.3 is 7.52 Å². The molecule has 3 N–H and O–H groups in total. The van der Waals surface area contributed by atoms with E-state index in [1.54, 1.807) is 29.7 Å². The van der Waals surface area contributed by atoms with E-state index in [0.29, 0.717) is 23.2 Å². The molecule has 2 aromatic rings. The lowest BCUT2D eigenvalue weighted by atomic mass is 9.89. The second-order valence-corrected chi connectivity index (χ2v) is 12.1. The van der Waals surface area contributed by atoms with Crippen molar-refractivity contribution < 1.29 is 19.3 Å². The van der Waals surface area contributed by atoms with Gasteiger partial charge in [-0.2, -0.15) is 4.76 Å². The first kappa shape index (κ1) is 23.4. The van der Waals surface area contributed by atoms with E-state index < -0.39 is 12.9 Å². The van der Waals surface area contributed by atoms with Gasteiger partial charge in [0, 0.05) is 12.0 Å². The highest BCUT2D eigenvalue weighted by atomic mass is 31.2. The van der Waals surface area contributed by atoms with E-state index in [9.17, 15) is 14.8 Å². The lowest BCUT2D eigenvalue weighted by molar-refractivity contribution is 0.319. The smallest absolute Gasteiger partial charge is 0.348 e. The molecule has 1 aliphatic rings. The number of anilines is 1. The molecule has 7 nitrogen and oxygen atoms in total. The van der Waals surface area contributed by atoms with Crippen LogP contribution in [0.25, 0.3) is 0 Å². The second-order valence-electron chi connectivity index (χ2n) is 10.1. The van der Waals surface area contributed by atoms with Crippen LogP contribution in [-0.2, 0) is 21.0 Å².